The molecule has 0 aromatic carbocycles. The van der Waals surface area contributed by atoms with Gasteiger partial charge in [-0.25, -0.2) is 0 Å². The fourth-order valence-electron chi connectivity index (χ4n) is 1.78. The number of nitrogens with one attached hydrogen (secondary N) is 2. The molecular weight excluding hydrogens is 216 g/mol. The van der Waals surface area contributed by atoms with Crippen molar-refractivity contribution in [3.05, 3.63) is 0 Å². The van der Waals surface area contributed by atoms with Crippen LogP contribution in [-0.4, -0.2) is 38.3 Å². The van der Waals surface area contributed by atoms with Crippen LogP contribution in [0.2, 0.25) is 0 Å². The minimum atomic E-state index is -0.117. The molecule has 1 aliphatic rings. The fourth-order valence-corrected chi connectivity index (χ4v) is 1.78. The molecule has 1 saturated heterocycles. The van der Waals surface area contributed by atoms with Gasteiger partial charge in [0.2, 0.25) is 5.91 Å². The summed E-state index contributed by atoms with van der Waals surface area (Å²) in [7, 11) is 0. The lowest BCUT2D eigenvalue weighted by Crippen LogP contribution is -2.52. The Morgan fingerprint density at radius 2 is 2.12 bits per heavy atom. The molecule has 1 atom stereocenters. The Bertz CT molecular complexity index is 240. The normalized spacial score (nSPS) is 19.5. The predicted molar refractivity (Wildman–Crippen MR) is 68.9 cm³/mol. The second kappa shape index (κ2) is 6.97. The summed E-state index contributed by atoms with van der Waals surface area (Å²) in [5.41, 5.74) is 0.219. The van der Waals surface area contributed by atoms with E-state index in [1.165, 1.54) is 12.8 Å². The Kier molecular flexibility index (Phi) is 5.92. The summed E-state index contributed by atoms with van der Waals surface area (Å²) in [6, 6.07) is -0.117. The SMILES string of the molecule is CCCCCNC(=O)C(C)NCC1(C)COC1. The van der Waals surface area contributed by atoms with Crippen LogP contribution in [0.15, 0.2) is 0 Å². The molecule has 1 amide bonds. The molecule has 0 aromatic heterocycles. The molecule has 2 N–H and O–H groups in total. The molecule has 1 unspecified atom stereocenters. The molecular formula is C13H26N2O2. The maximum atomic E-state index is 11.7. The summed E-state index contributed by atoms with van der Waals surface area (Å²) < 4.78 is 5.18. The van der Waals surface area contributed by atoms with Crippen LogP contribution >= 0.6 is 0 Å². The van der Waals surface area contributed by atoms with E-state index >= 15 is 0 Å². The molecule has 0 saturated carbocycles. The molecule has 17 heavy (non-hydrogen) atoms. The number of rotatable bonds is 8. The number of hydrogen-bond donors (Lipinski definition) is 2. The standard InChI is InChI=1S/C13H26N2O2/c1-4-5-6-7-14-12(16)11(2)15-8-13(3)9-17-10-13/h11,15H,4-10H2,1-3H3,(H,14,16). The van der Waals surface area contributed by atoms with Crippen LogP contribution in [0.5, 0.6) is 0 Å². The van der Waals surface area contributed by atoms with E-state index in [2.05, 4.69) is 24.5 Å². The Balaban J connectivity index is 2.09. The Labute approximate surface area is 104 Å². The molecule has 0 spiro atoms. The third-order valence-corrected chi connectivity index (χ3v) is 3.21. The van der Waals surface area contributed by atoms with Gasteiger partial charge in [-0.3, -0.25) is 4.79 Å². The van der Waals surface area contributed by atoms with Gasteiger partial charge in [-0.2, -0.15) is 0 Å². The van der Waals surface area contributed by atoms with Crippen LogP contribution in [-0.2, 0) is 9.53 Å². The lowest BCUT2D eigenvalue weighted by atomic mass is 9.88. The highest BCUT2D eigenvalue weighted by atomic mass is 16.5. The van der Waals surface area contributed by atoms with Crippen molar-refractivity contribution < 1.29 is 9.53 Å². The molecule has 0 bridgehead atoms. The lowest BCUT2D eigenvalue weighted by molar-refractivity contribution is -0.124. The maximum Gasteiger partial charge on any atom is 0.236 e. The van der Waals surface area contributed by atoms with E-state index in [1.807, 2.05) is 6.92 Å². The molecule has 1 heterocycles. The highest BCUT2D eigenvalue weighted by Gasteiger charge is 2.33. The minimum absolute atomic E-state index is 0.102. The molecule has 1 aliphatic heterocycles. The Hall–Kier alpha value is -0.610. The first kappa shape index (κ1) is 14.5. The quantitative estimate of drug-likeness (QED) is 0.631. The van der Waals surface area contributed by atoms with Crippen molar-refractivity contribution in [2.75, 3.05) is 26.3 Å². The Morgan fingerprint density at radius 1 is 1.41 bits per heavy atom. The number of carbonyl (C=O) groups excluding carboxylic acids is 1. The number of ether oxygens (including phenoxy) is 1. The van der Waals surface area contributed by atoms with Gasteiger partial charge in [0.25, 0.3) is 0 Å². The van der Waals surface area contributed by atoms with Crippen LogP contribution in [0.3, 0.4) is 0 Å². The predicted octanol–water partition coefficient (Wildman–Crippen LogP) is 1.31. The fraction of sp³-hybridized carbons (Fsp3) is 0.923. The summed E-state index contributed by atoms with van der Waals surface area (Å²) in [5.74, 6) is 0.102. The number of unbranched alkanes of at least 4 members (excludes halogenated alkanes) is 2. The van der Waals surface area contributed by atoms with Crippen molar-refractivity contribution in [1.29, 1.82) is 0 Å². The van der Waals surface area contributed by atoms with E-state index in [4.69, 9.17) is 4.74 Å². The highest BCUT2D eigenvalue weighted by molar-refractivity contribution is 5.81. The highest BCUT2D eigenvalue weighted by Crippen LogP contribution is 2.25. The van der Waals surface area contributed by atoms with Crippen molar-refractivity contribution in [3.8, 4) is 0 Å². The first-order chi connectivity index (χ1) is 8.07. The van der Waals surface area contributed by atoms with Crippen molar-refractivity contribution in [3.63, 3.8) is 0 Å². The van der Waals surface area contributed by atoms with E-state index in [0.29, 0.717) is 0 Å². The third kappa shape index (κ3) is 5.04. The molecule has 0 radical (unpaired) electrons. The molecule has 1 rings (SSSR count). The second-order valence-corrected chi connectivity index (χ2v) is 5.40. The topological polar surface area (TPSA) is 50.4 Å². The summed E-state index contributed by atoms with van der Waals surface area (Å²) in [4.78, 5) is 11.7. The molecule has 0 aromatic rings. The largest absolute Gasteiger partial charge is 0.380 e. The van der Waals surface area contributed by atoms with Crippen molar-refractivity contribution in [1.82, 2.24) is 10.6 Å². The lowest BCUT2D eigenvalue weighted by Gasteiger charge is -2.38. The van der Waals surface area contributed by atoms with Crippen molar-refractivity contribution in [2.45, 2.75) is 46.1 Å². The van der Waals surface area contributed by atoms with E-state index in [-0.39, 0.29) is 17.4 Å². The van der Waals surface area contributed by atoms with Crippen molar-refractivity contribution >= 4 is 5.91 Å². The smallest absolute Gasteiger partial charge is 0.236 e. The van der Waals surface area contributed by atoms with Gasteiger partial charge in [0, 0.05) is 18.5 Å². The number of amides is 1. The van der Waals surface area contributed by atoms with E-state index in [9.17, 15) is 4.79 Å². The van der Waals surface area contributed by atoms with Gasteiger partial charge >= 0.3 is 0 Å². The van der Waals surface area contributed by atoms with E-state index in [1.54, 1.807) is 0 Å². The molecule has 0 aliphatic carbocycles. The van der Waals surface area contributed by atoms with Crippen LogP contribution in [0, 0.1) is 5.41 Å². The summed E-state index contributed by atoms with van der Waals surface area (Å²) in [5, 5.41) is 6.23. The molecule has 4 nitrogen and oxygen atoms in total. The maximum absolute atomic E-state index is 11.7. The van der Waals surface area contributed by atoms with Gasteiger partial charge in [-0.15, -0.1) is 0 Å². The van der Waals surface area contributed by atoms with Gasteiger partial charge in [0.15, 0.2) is 0 Å². The van der Waals surface area contributed by atoms with Gasteiger partial charge in [0.1, 0.15) is 0 Å². The first-order valence-corrected chi connectivity index (χ1v) is 6.66. The van der Waals surface area contributed by atoms with E-state index < -0.39 is 0 Å². The molecule has 4 heteroatoms. The van der Waals surface area contributed by atoms with Gasteiger partial charge in [-0.05, 0) is 13.3 Å². The third-order valence-electron chi connectivity index (χ3n) is 3.21. The minimum Gasteiger partial charge on any atom is -0.380 e. The van der Waals surface area contributed by atoms with Gasteiger partial charge in [0.05, 0.1) is 19.3 Å². The van der Waals surface area contributed by atoms with Crippen LogP contribution in [0.4, 0.5) is 0 Å². The Morgan fingerprint density at radius 3 is 2.65 bits per heavy atom. The summed E-state index contributed by atoms with van der Waals surface area (Å²) in [6.07, 6.45) is 3.43. The van der Waals surface area contributed by atoms with Gasteiger partial charge < -0.3 is 15.4 Å². The summed E-state index contributed by atoms with van der Waals surface area (Å²) in [6.45, 7) is 9.48. The van der Waals surface area contributed by atoms with Crippen LogP contribution in [0.25, 0.3) is 0 Å². The average molecular weight is 242 g/mol. The van der Waals surface area contributed by atoms with Crippen LogP contribution < -0.4 is 10.6 Å². The van der Waals surface area contributed by atoms with Crippen LogP contribution in [0.1, 0.15) is 40.0 Å². The first-order valence-electron chi connectivity index (χ1n) is 6.66. The zero-order chi connectivity index (χ0) is 12.7. The van der Waals surface area contributed by atoms with E-state index in [0.717, 1.165) is 32.7 Å². The zero-order valence-electron chi connectivity index (χ0n) is 11.3. The molecule has 100 valence electrons. The second-order valence-electron chi connectivity index (χ2n) is 5.40. The number of hydrogen-bond acceptors (Lipinski definition) is 3. The van der Waals surface area contributed by atoms with Gasteiger partial charge in [-0.1, -0.05) is 26.7 Å². The average Bonchev–Trinajstić information content (AvgIpc) is 2.28. The summed E-state index contributed by atoms with van der Waals surface area (Å²) >= 11 is 0. The molecule has 1 fully saturated rings. The number of carbonyl (C=O) groups is 1. The monoisotopic (exact) mass is 242 g/mol. The zero-order valence-corrected chi connectivity index (χ0v) is 11.3. The van der Waals surface area contributed by atoms with Crippen molar-refractivity contribution in [2.24, 2.45) is 5.41 Å².